The molecule has 1 saturated heterocycles. The topological polar surface area (TPSA) is 76.1 Å². The van der Waals surface area contributed by atoms with Crippen LogP contribution in [0.25, 0.3) is 5.76 Å². The minimum Gasteiger partial charge on any atom is -0.507 e. The highest BCUT2D eigenvalue weighted by Gasteiger charge is 2.45. The largest absolute Gasteiger partial charge is 0.507 e. The molecule has 1 atom stereocenters. The molecule has 0 aromatic heterocycles. The summed E-state index contributed by atoms with van der Waals surface area (Å²) >= 11 is 6.16. The van der Waals surface area contributed by atoms with Gasteiger partial charge in [0.05, 0.1) is 18.2 Å². The Hall–Kier alpha value is -2.83. The lowest BCUT2D eigenvalue weighted by Crippen LogP contribution is -2.31. The van der Waals surface area contributed by atoms with Crippen molar-refractivity contribution in [3.63, 3.8) is 0 Å². The van der Waals surface area contributed by atoms with Crippen molar-refractivity contribution in [1.82, 2.24) is 4.90 Å². The van der Waals surface area contributed by atoms with Gasteiger partial charge in [-0.15, -0.1) is 0 Å². The molecule has 2 aromatic rings. The summed E-state index contributed by atoms with van der Waals surface area (Å²) in [6.07, 6.45) is 0.559. The first-order valence-electron chi connectivity index (χ1n) is 9.74. The molecule has 1 N–H and O–H groups in total. The predicted octanol–water partition coefficient (Wildman–Crippen LogP) is 4.20. The fourth-order valence-corrected chi connectivity index (χ4v) is 3.74. The van der Waals surface area contributed by atoms with Crippen LogP contribution in [0, 0.1) is 0 Å². The normalized spacial score (nSPS) is 18.1. The van der Waals surface area contributed by atoms with Gasteiger partial charge >= 0.3 is 0 Å². The smallest absolute Gasteiger partial charge is 0.295 e. The van der Waals surface area contributed by atoms with E-state index in [1.165, 1.54) is 4.90 Å². The second-order valence-corrected chi connectivity index (χ2v) is 7.29. The minimum absolute atomic E-state index is 0.0452. The van der Waals surface area contributed by atoms with E-state index in [-0.39, 0.29) is 11.3 Å². The van der Waals surface area contributed by atoms with Crippen LogP contribution in [-0.2, 0) is 14.3 Å². The highest BCUT2D eigenvalue weighted by Crippen LogP contribution is 2.40. The Labute approximate surface area is 180 Å². The van der Waals surface area contributed by atoms with E-state index in [4.69, 9.17) is 21.1 Å². The lowest BCUT2D eigenvalue weighted by atomic mass is 9.95. The third kappa shape index (κ3) is 4.50. The van der Waals surface area contributed by atoms with Crippen molar-refractivity contribution in [2.24, 2.45) is 0 Å². The lowest BCUT2D eigenvalue weighted by Gasteiger charge is -2.25. The molecule has 6 nitrogen and oxygen atoms in total. The van der Waals surface area contributed by atoms with Gasteiger partial charge < -0.3 is 19.5 Å². The van der Waals surface area contributed by atoms with Gasteiger partial charge in [-0.1, -0.05) is 23.7 Å². The number of hydrogen-bond donors (Lipinski definition) is 1. The van der Waals surface area contributed by atoms with E-state index in [0.717, 1.165) is 0 Å². The molecule has 1 unspecified atom stereocenters. The van der Waals surface area contributed by atoms with Gasteiger partial charge in [0.15, 0.2) is 0 Å². The standard InChI is InChI=1S/C23H24ClNO5/c1-3-30-18-10-8-15(9-11-18)21(26)19-20(16-6-4-7-17(24)14-16)25(12-5-13-29-2)23(28)22(19)27/h4,6-11,14,20,26H,3,5,12-13H2,1-2H3/b21-19-. The second kappa shape index (κ2) is 9.78. The van der Waals surface area contributed by atoms with E-state index >= 15 is 0 Å². The number of amides is 1. The number of carbonyl (C=O) groups excluding carboxylic acids is 2. The highest BCUT2D eigenvalue weighted by molar-refractivity contribution is 6.46. The summed E-state index contributed by atoms with van der Waals surface area (Å²) in [5.74, 6) is -0.941. The fraction of sp³-hybridized carbons (Fsp3) is 0.304. The molecule has 1 amide bonds. The van der Waals surface area contributed by atoms with Crippen LogP contribution in [-0.4, -0.2) is 48.6 Å². The number of rotatable bonds is 8. The molecule has 2 aromatic carbocycles. The van der Waals surface area contributed by atoms with Crippen molar-refractivity contribution in [3.8, 4) is 5.75 Å². The number of nitrogens with zero attached hydrogens (tertiary/aromatic N) is 1. The van der Waals surface area contributed by atoms with E-state index in [9.17, 15) is 14.7 Å². The van der Waals surface area contributed by atoms with Crippen molar-refractivity contribution >= 4 is 29.1 Å². The maximum absolute atomic E-state index is 12.9. The maximum atomic E-state index is 12.9. The number of carbonyl (C=O) groups is 2. The summed E-state index contributed by atoms with van der Waals surface area (Å²) in [5, 5.41) is 11.5. The van der Waals surface area contributed by atoms with Gasteiger partial charge in [0.2, 0.25) is 0 Å². The number of likely N-dealkylation sites (tertiary alicyclic amines) is 1. The molecule has 0 saturated carbocycles. The number of methoxy groups -OCH3 is 1. The van der Waals surface area contributed by atoms with Crippen molar-refractivity contribution in [3.05, 3.63) is 70.3 Å². The molecular formula is C23H24ClNO5. The molecule has 30 heavy (non-hydrogen) atoms. The number of benzene rings is 2. The average Bonchev–Trinajstić information content (AvgIpc) is 2.99. The van der Waals surface area contributed by atoms with Crippen LogP contribution in [0.2, 0.25) is 5.02 Å². The Morgan fingerprint density at radius 1 is 1.17 bits per heavy atom. The Morgan fingerprint density at radius 2 is 1.90 bits per heavy atom. The number of ether oxygens (including phenoxy) is 2. The van der Waals surface area contributed by atoms with Crippen LogP contribution in [0.4, 0.5) is 0 Å². The number of aliphatic hydroxyl groups excluding tert-OH is 1. The van der Waals surface area contributed by atoms with Gasteiger partial charge in [-0.05, 0) is 55.3 Å². The monoisotopic (exact) mass is 429 g/mol. The summed E-state index contributed by atoms with van der Waals surface area (Å²) in [6.45, 7) is 3.16. The molecule has 3 rings (SSSR count). The second-order valence-electron chi connectivity index (χ2n) is 6.85. The van der Waals surface area contributed by atoms with Crippen molar-refractivity contribution in [1.29, 1.82) is 0 Å². The molecule has 158 valence electrons. The van der Waals surface area contributed by atoms with Crippen LogP contribution in [0.1, 0.15) is 30.5 Å². The summed E-state index contributed by atoms with van der Waals surface area (Å²) in [5.41, 5.74) is 1.14. The predicted molar refractivity (Wildman–Crippen MR) is 115 cm³/mol. The zero-order valence-corrected chi connectivity index (χ0v) is 17.7. The Balaban J connectivity index is 2.07. The van der Waals surface area contributed by atoms with E-state index < -0.39 is 17.7 Å². The first kappa shape index (κ1) is 21.9. The average molecular weight is 430 g/mol. The molecule has 1 fully saturated rings. The molecule has 0 aliphatic carbocycles. The highest BCUT2D eigenvalue weighted by atomic mass is 35.5. The summed E-state index contributed by atoms with van der Waals surface area (Å²) in [6, 6.07) is 13.0. The van der Waals surface area contributed by atoms with E-state index in [2.05, 4.69) is 0 Å². The van der Waals surface area contributed by atoms with Gasteiger partial charge in [0.1, 0.15) is 11.5 Å². The Kier molecular flexibility index (Phi) is 7.13. The summed E-state index contributed by atoms with van der Waals surface area (Å²) in [7, 11) is 1.58. The molecule has 1 aliphatic rings. The van der Waals surface area contributed by atoms with Gasteiger partial charge in [0.25, 0.3) is 11.7 Å². The number of ketones is 1. The molecule has 1 aliphatic heterocycles. The Bertz CT molecular complexity index is 954. The molecule has 0 bridgehead atoms. The Morgan fingerprint density at radius 3 is 2.53 bits per heavy atom. The molecule has 1 heterocycles. The number of Topliss-reactive ketones (excluding diaryl/α,β-unsaturated/α-hetero) is 1. The number of halogens is 1. The van der Waals surface area contributed by atoms with Gasteiger partial charge in [0, 0.05) is 30.8 Å². The quantitative estimate of drug-likeness (QED) is 0.294. The zero-order valence-electron chi connectivity index (χ0n) is 16.9. The summed E-state index contributed by atoms with van der Waals surface area (Å²) in [4.78, 5) is 27.2. The third-order valence-electron chi connectivity index (χ3n) is 4.89. The fourth-order valence-electron chi connectivity index (χ4n) is 3.54. The van der Waals surface area contributed by atoms with Crippen LogP contribution >= 0.6 is 11.6 Å². The lowest BCUT2D eigenvalue weighted by molar-refractivity contribution is -0.140. The SMILES string of the molecule is CCOc1ccc(/C(O)=C2/C(=O)C(=O)N(CCCOC)C2c2cccc(Cl)c2)cc1. The first-order valence-corrected chi connectivity index (χ1v) is 10.1. The van der Waals surface area contributed by atoms with Crippen LogP contribution in [0.15, 0.2) is 54.1 Å². The first-order chi connectivity index (χ1) is 14.5. The summed E-state index contributed by atoms with van der Waals surface area (Å²) < 4.78 is 10.5. The van der Waals surface area contributed by atoms with Crippen molar-refractivity contribution in [2.75, 3.05) is 26.9 Å². The van der Waals surface area contributed by atoms with Gasteiger partial charge in [-0.2, -0.15) is 0 Å². The minimum atomic E-state index is -0.730. The van der Waals surface area contributed by atoms with Crippen molar-refractivity contribution < 1.29 is 24.2 Å². The van der Waals surface area contributed by atoms with Crippen molar-refractivity contribution in [2.45, 2.75) is 19.4 Å². The van der Waals surface area contributed by atoms with Crippen LogP contribution in [0.3, 0.4) is 0 Å². The van der Waals surface area contributed by atoms with Crippen LogP contribution in [0.5, 0.6) is 5.75 Å². The maximum Gasteiger partial charge on any atom is 0.295 e. The van der Waals surface area contributed by atoms with E-state index in [1.807, 2.05) is 6.92 Å². The molecular weight excluding hydrogens is 406 g/mol. The molecule has 0 radical (unpaired) electrons. The number of hydrogen-bond acceptors (Lipinski definition) is 5. The van der Waals surface area contributed by atoms with Crippen LogP contribution < -0.4 is 4.74 Å². The van der Waals surface area contributed by atoms with E-state index in [1.54, 1.807) is 55.6 Å². The van der Waals surface area contributed by atoms with Gasteiger partial charge in [-0.25, -0.2) is 0 Å². The zero-order chi connectivity index (χ0) is 21.7. The molecule has 0 spiro atoms. The molecule has 7 heteroatoms. The van der Waals surface area contributed by atoms with Gasteiger partial charge in [-0.3, -0.25) is 9.59 Å². The number of aliphatic hydroxyl groups is 1. The third-order valence-corrected chi connectivity index (χ3v) is 5.13. The van der Waals surface area contributed by atoms with E-state index in [0.29, 0.717) is 48.1 Å².